The summed E-state index contributed by atoms with van der Waals surface area (Å²) in [4.78, 5) is 17.4. The molecule has 0 aliphatic carbocycles. The van der Waals surface area contributed by atoms with Crippen molar-refractivity contribution in [3.8, 4) is 0 Å². The fourth-order valence-electron chi connectivity index (χ4n) is 4.11. The number of rotatable bonds is 5. The van der Waals surface area contributed by atoms with E-state index >= 15 is 0 Å². The van der Waals surface area contributed by atoms with Gasteiger partial charge in [0.05, 0.1) is 21.2 Å². The van der Waals surface area contributed by atoms with E-state index in [4.69, 9.17) is 5.10 Å². The van der Waals surface area contributed by atoms with E-state index in [2.05, 4.69) is 0 Å². The molecule has 0 bridgehead atoms. The van der Waals surface area contributed by atoms with Gasteiger partial charge in [-0.05, 0) is 71.2 Å². The van der Waals surface area contributed by atoms with Gasteiger partial charge in [0.15, 0.2) is 0 Å². The number of amides is 1. The number of hydrazone groups is 1. The third-order valence-electron chi connectivity index (χ3n) is 5.79. The number of hydrogen-bond donors (Lipinski definition) is 1. The number of anilines is 3. The van der Waals surface area contributed by atoms with Gasteiger partial charge in [0.25, 0.3) is 5.91 Å². The second kappa shape index (κ2) is 9.73. The SMILES string of the molecule is O=C1C(=Cc2ccccc2)SC2(SC(c3cccs3)=NN2c2ccc(N([O-])O)cc2)N1c1ccccc1. The first-order valence-corrected chi connectivity index (χ1v) is 13.8. The van der Waals surface area contributed by atoms with Crippen molar-refractivity contribution in [3.05, 3.63) is 123 Å². The van der Waals surface area contributed by atoms with E-state index in [-0.39, 0.29) is 16.8 Å². The van der Waals surface area contributed by atoms with Crippen LogP contribution in [0.15, 0.2) is 112 Å². The lowest BCUT2D eigenvalue weighted by Gasteiger charge is -2.38. The number of carbonyl (C=O) groups excluding carboxylic acids is 1. The van der Waals surface area contributed by atoms with E-state index in [1.165, 1.54) is 35.7 Å². The van der Waals surface area contributed by atoms with Crippen LogP contribution in [0, 0.1) is 5.21 Å². The van der Waals surface area contributed by atoms with Crippen molar-refractivity contribution in [3.63, 3.8) is 0 Å². The maximum Gasteiger partial charge on any atom is 0.268 e. The lowest BCUT2D eigenvalue weighted by molar-refractivity contribution is -0.114. The van der Waals surface area contributed by atoms with E-state index in [1.54, 1.807) is 28.4 Å². The number of nitrogens with zero attached hydrogens (tertiary/aromatic N) is 4. The Morgan fingerprint density at radius 1 is 0.865 bits per heavy atom. The molecule has 184 valence electrons. The molecule has 3 aromatic carbocycles. The minimum Gasteiger partial charge on any atom is -0.733 e. The molecule has 7 nitrogen and oxygen atoms in total. The van der Waals surface area contributed by atoms with Gasteiger partial charge in [0.2, 0.25) is 4.33 Å². The zero-order chi connectivity index (χ0) is 25.4. The molecule has 0 saturated carbocycles. The number of benzene rings is 3. The summed E-state index contributed by atoms with van der Waals surface area (Å²) in [6.45, 7) is 0. The van der Waals surface area contributed by atoms with Crippen LogP contribution >= 0.6 is 34.9 Å². The molecular formula is C27H19N4O3S3-. The van der Waals surface area contributed by atoms with Crippen LogP contribution in [0.1, 0.15) is 10.4 Å². The van der Waals surface area contributed by atoms with Gasteiger partial charge in [-0.25, -0.2) is 5.01 Å². The number of carbonyl (C=O) groups is 1. The van der Waals surface area contributed by atoms with Crippen LogP contribution in [0.5, 0.6) is 0 Å². The number of thiophene rings is 1. The van der Waals surface area contributed by atoms with Gasteiger partial charge in [0.1, 0.15) is 5.04 Å². The Morgan fingerprint density at radius 3 is 2.22 bits per heavy atom. The normalized spacial score (nSPS) is 20.2. The molecule has 3 heterocycles. The van der Waals surface area contributed by atoms with Crippen molar-refractivity contribution in [2.45, 2.75) is 4.33 Å². The summed E-state index contributed by atoms with van der Waals surface area (Å²) < 4.78 is -0.990. The Bertz CT molecular complexity index is 1480. The Hall–Kier alpha value is -3.54. The molecule has 1 spiro atoms. The minimum absolute atomic E-state index is 0.104. The Balaban J connectivity index is 1.52. The fourth-order valence-corrected chi connectivity index (χ4v) is 7.88. The standard InChI is InChI=1S/C27H19N4O3S3/c32-26-24(18-19-8-3-1-4-9-19)36-27(29(26)20-10-5-2-6-11-20)30(21-13-15-22(16-14-21)31(33)34)28-25(37-27)23-12-7-17-35-23/h1-18,33H/q-1. The van der Waals surface area contributed by atoms with Crippen LogP contribution in [-0.4, -0.2) is 20.5 Å². The molecule has 1 unspecified atom stereocenters. The van der Waals surface area contributed by atoms with Gasteiger partial charge < -0.3 is 10.4 Å². The molecule has 1 amide bonds. The number of hydrogen-bond acceptors (Lipinski definition) is 9. The molecule has 1 atom stereocenters. The van der Waals surface area contributed by atoms with E-state index in [0.29, 0.717) is 10.6 Å². The lowest BCUT2D eigenvalue weighted by atomic mass is 10.2. The smallest absolute Gasteiger partial charge is 0.268 e. The van der Waals surface area contributed by atoms with Gasteiger partial charge in [-0.2, -0.15) is 5.10 Å². The van der Waals surface area contributed by atoms with Crippen LogP contribution < -0.4 is 15.1 Å². The molecule has 1 saturated heterocycles. The molecule has 4 aromatic rings. The largest absolute Gasteiger partial charge is 0.733 e. The second-order valence-electron chi connectivity index (χ2n) is 8.13. The van der Waals surface area contributed by atoms with Crippen molar-refractivity contribution in [1.82, 2.24) is 0 Å². The molecular weight excluding hydrogens is 525 g/mol. The van der Waals surface area contributed by atoms with E-state index in [1.807, 2.05) is 89.3 Å². The zero-order valence-electron chi connectivity index (χ0n) is 19.2. The van der Waals surface area contributed by atoms with Crippen molar-refractivity contribution < 1.29 is 10.0 Å². The summed E-state index contributed by atoms with van der Waals surface area (Å²) in [6.07, 6.45) is 1.91. The molecule has 2 aliphatic rings. The van der Waals surface area contributed by atoms with Crippen LogP contribution in [0.2, 0.25) is 0 Å². The summed E-state index contributed by atoms with van der Waals surface area (Å²) in [5.74, 6) is -0.127. The monoisotopic (exact) mass is 543 g/mol. The first-order chi connectivity index (χ1) is 18.0. The minimum atomic E-state index is -0.990. The summed E-state index contributed by atoms with van der Waals surface area (Å²) in [5, 5.41) is 30.1. The highest BCUT2D eigenvalue weighted by molar-refractivity contribution is 8.28. The molecule has 0 radical (unpaired) electrons. The zero-order valence-corrected chi connectivity index (χ0v) is 21.6. The Morgan fingerprint density at radius 2 is 1.57 bits per heavy atom. The number of thioether (sulfide) groups is 2. The topological polar surface area (TPSA) is 82.4 Å². The van der Waals surface area contributed by atoms with Crippen molar-refractivity contribution in [2.75, 3.05) is 15.1 Å². The average Bonchev–Trinajstić information content (AvgIpc) is 3.64. The van der Waals surface area contributed by atoms with Crippen LogP contribution in [0.25, 0.3) is 6.08 Å². The third-order valence-corrected chi connectivity index (χ3v) is 9.54. The van der Waals surface area contributed by atoms with Crippen molar-refractivity contribution in [2.24, 2.45) is 5.10 Å². The van der Waals surface area contributed by atoms with Crippen LogP contribution in [0.4, 0.5) is 17.1 Å². The highest BCUT2D eigenvalue weighted by atomic mass is 32.2. The summed E-state index contributed by atoms with van der Waals surface area (Å²) in [5.41, 5.74) is 2.45. The molecule has 37 heavy (non-hydrogen) atoms. The van der Waals surface area contributed by atoms with E-state index in [9.17, 15) is 15.2 Å². The predicted octanol–water partition coefficient (Wildman–Crippen LogP) is 6.79. The van der Waals surface area contributed by atoms with Gasteiger partial charge in [0, 0.05) is 5.69 Å². The van der Waals surface area contributed by atoms with E-state index in [0.717, 1.165) is 21.2 Å². The first kappa shape index (κ1) is 23.8. The number of para-hydroxylation sites is 1. The average molecular weight is 544 g/mol. The van der Waals surface area contributed by atoms with E-state index < -0.39 is 4.33 Å². The lowest BCUT2D eigenvalue weighted by Crippen LogP contribution is -2.51. The molecule has 1 fully saturated rings. The molecule has 1 N–H and O–H groups in total. The first-order valence-electron chi connectivity index (χ1n) is 11.3. The Labute approximate surface area is 225 Å². The summed E-state index contributed by atoms with van der Waals surface area (Å²) >= 11 is 4.52. The van der Waals surface area contributed by atoms with Crippen LogP contribution in [0.3, 0.4) is 0 Å². The van der Waals surface area contributed by atoms with Crippen molar-refractivity contribution in [1.29, 1.82) is 0 Å². The highest BCUT2D eigenvalue weighted by Crippen LogP contribution is 2.60. The maximum atomic E-state index is 14.1. The maximum absolute atomic E-state index is 14.1. The molecule has 1 aromatic heterocycles. The van der Waals surface area contributed by atoms with Gasteiger partial charge >= 0.3 is 0 Å². The summed E-state index contributed by atoms with van der Waals surface area (Å²) in [6, 6.07) is 29.8. The Kier molecular flexibility index (Phi) is 6.27. The van der Waals surface area contributed by atoms with Gasteiger partial charge in [-0.15, -0.1) is 11.3 Å². The quantitative estimate of drug-likeness (QED) is 0.219. The second-order valence-corrected chi connectivity index (χ2v) is 11.7. The molecule has 2 aliphatic heterocycles. The van der Waals surface area contributed by atoms with Crippen LogP contribution in [-0.2, 0) is 4.79 Å². The van der Waals surface area contributed by atoms with Crippen molar-refractivity contribution >= 4 is 68.9 Å². The molecule has 10 heteroatoms. The van der Waals surface area contributed by atoms with Gasteiger partial charge in [-0.3, -0.25) is 14.9 Å². The fraction of sp³-hybridized carbons (Fsp3) is 0.0370. The highest BCUT2D eigenvalue weighted by Gasteiger charge is 2.59. The third kappa shape index (κ3) is 4.32. The predicted molar refractivity (Wildman–Crippen MR) is 154 cm³/mol. The molecule has 6 rings (SSSR count). The summed E-state index contributed by atoms with van der Waals surface area (Å²) in [7, 11) is 0. The van der Waals surface area contributed by atoms with Gasteiger partial charge in [-0.1, -0.05) is 66.4 Å².